The Morgan fingerprint density at radius 2 is 1.73 bits per heavy atom. The Kier molecular flexibility index (Phi) is 6.90. The predicted octanol–water partition coefficient (Wildman–Crippen LogP) is 4.05. The molecule has 1 aliphatic carbocycles. The highest BCUT2D eigenvalue weighted by atomic mass is 16.6. The first-order valence-electron chi connectivity index (χ1n) is 9.70. The summed E-state index contributed by atoms with van der Waals surface area (Å²) in [5.41, 5.74) is 18.5. The molecule has 1 atom stereocenters. The SMILES string of the molecule is [N-]=[N+]=NN(C(=O)OCC1c2ccccc2-c2ccccc21)[C@@H](CCCCN)C(=O)O. The van der Waals surface area contributed by atoms with Gasteiger partial charge < -0.3 is 15.6 Å². The molecule has 1 amide bonds. The Labute approximate surface area is 173 Å². The van der Waals surface area contributed by atoms with Gasteiger partial charge in [-0.1, -0.05) is 48.5 Å². The van der Waals surface area contributed by atoms with Crippen LogP contribution in [0.5, 0.6) is 0 Å². The van der Waals surface area contributed by atoms with Gasteiger partial charge in [-0.2, -0.15) is 9.71 Å². The fourth-order valence-electron chi connectivity index (χ4n) is 3.76. The van der Waals surface area contributed by atoms with Gasteiger partial charge in [0.05, 0.1) is 0 Å². The molecule has 9 nitrogen and oxygen atoms in total. The van der Waals surface area contributed by atoms with E-state index in [4.69, 9.17) is 16.0 Å². The first-order chi connectivity index (χ1) is 14.6. The standard InChI is InChI=1S/C21H23N5O4/c22-12-6-5-11-19(20(27)28)26(25-24-23)21(29)30-13-18-16-9-3-1-7-14(16)15-8-2-4-10-17(15)18/h1-4,7-10,18-19H,5-6,11-13,22H2,(H,27,28)/t19-/m0/s1. The Morgan fingerprint density at radius 3 is 2.27 bits per heavy atom. The summed E-state index contributed by atoms with van der Waals surface area (Å²) in [5, 5.41) is 13.3. The van der Waals surface area contributed by atoms with Crippen LogP contribution in [0.2, 0.25) is 0 Å². The molecule has 0 saturated heterocycles. The fraction of sp³-hybridized carbons (Fsp3) is 0.333. The van der Waals surface area contributed by atoms with Crippen LogP contribution in [-0.2, 0) is 9.53 Å². The number of aliphatic carboxylic acids is 1. The van der Waals surface area contributed by atoms with Crippen molar-refractivity contribution < 1.29 is 19.4 Å². The van der Waals surface area contributed by atoms with E-state index in [0.29, 0.717) is 24.4 Å². The normalized spacial score (nSPS) is 13.0. The molecule has 0 fully saturated rings. The lowest BCUT2D eigenvalue weighted by atomic mass is 9.98. The molecule has 0 bridgehead atoms. The second-order valence-corrected chi connectivity index (χ2v) is 6.97. The summed E-state index contributed by atoms with van der Waals surface area (Å²) in [5.74, 6) is -1.46. The van der Waals surface area contributed by atoms with Crippen LogP contribution in [0.15, 0.2) is 53.8 Å². The summed E-state index contributed by atoms with van der Waals surface area (Å²) in [6.07, 6.45) is 0.186. The summed E-state index contributed by atoms with van der Waals surface area (Å²) < 4.78 is 5.43. The van der Waals surface area contributed by atoms with E-state index in [2.05, 4.69) is 10.1 Å². The molecule has 9 heteroatoms. The lowest BCUT2D eigenvalue weighted by molar-refractivity contribution is -0.143. The molecular weight excluding hydrogens is 386 g/mol. The molecule has 0 aliphatic heterocycles. The second-order valence-electron chi connectivity index (χ2n) is 6.97. The Morgan fingerprint density at radius 1 is 1.13 bits per heavy atom. The minimum atomic E-state index is -1.32. The highest BCUT2D eigenvalue weighted by Gasteiger charge is 2.36. The van der Waals surface area contributed by atoms with Crippen molar-refractivity contribution in [2.75, 3.05) is 13.2 Å². The summed E-state index contributed by atoms with van der Waals surface area (Å²) >= 11 is 0. The number of nitrogens with zero attached hydrogens (tertiary/aromatic N) is 4. The smallest absolute Gasteiger partial charge is 0.478 e. The topological polar surface area (TPSA) is 142 Å². The van der Waals surface area contributed by atoms with Gasteiger partial charge >= 0.3 is 12.1 Å². The van der Waals surface area contributed by atoms with Gasteiger partial charge in [-0.3, -0.25) is 0 Å². The van der Waals surface area contributed by atoms with Gasteiger partial charge in [-0.25, -0.2) is 4.79 Å². The van der Waals surface area contributed by atoms with E-state index >= 15 is 0 Å². The Balaban J connectivity index is 1.77. The largest absolute Gasteiger partial charge is 0.511 e. The monoisotopic (exact) mass is 409 g/mol. The van der Waals surface area contributed by atoms with Crippen LogP contribution in [0.4, 0.5) is 4.79 Å². The van der Waals surface area contributed by atoms with Crippen molar-refractivity contribution in [3.8, 4) is 11.1 Å². The van der Waals surface area contributed by atoms with Gasteiger partial charge in [0.2, 0.25) is 6.04 Å². The van der Waals surface area contributed by atoms with Gasteiger partial charge in [0, 0.05) is 5.92 Å². The number of hydrogen-bond acceptors (Lipinski definition) is 5. The van der Waals surface area contributed by atoms with Crippen LogP contribution in [0, 0.1) is 0 Å². The van der Waals surface area contributed by atoms with E-state index in [1.165, 1.54) is 0 Å². The maximum atomic E-state index is 12.6. The zero-order valence-electron chi connectivity index (χ0n) is 16.3. The molecule has 0 spiro atoms. The number of carboxylic acids is 1. The van der Waals surface area contributed by atoms with Crippen LogP contribution in [0.25, 0.3) is 21.6 Å². The van der Waals surface area contributed by atoms with Crippen molar-refractivity contribution in [2.45, 2.75) is 31.2 Å². The maximum absolute atomic E-state index is 12.6. The number of benzene rings is 2. The molecule has 0 aromatic heterocycles. The summed E-state index contributed by atoms with van der Waals surface area (Å²) in [6, 6.07) is 14.4. The molecule has 30 heavy (non-hydrogen) atoms. The van der Waals surface area contributed by atoms with Crippen LogP contribution < -0.4 is 5.73 Å². The summed E-state index contributed by atoms with van der Waals surface area (Å²) in [6.45, 7) is 0.401. The highest BCUT2D eigenvalue weighted by Crippen LogP contribution is 2.44. The van der Waals surface area contributed by atoms with E-state index in [1.54, 1.807) is 0 Å². The number of carbonyl (C=O) groups excluding carboxylic acids is 1. The number of carbonyl (C=O) groups is 2. The Bertz CT molecular complexity index is 928. The van der Waals surface area contributed by atoms with Gasteiger partial charge in [-0.05, 0) is 53.3 Å². The van der Waals surface area contributed by atoms with E-state index in [-0.39, 0.29) is 18.9 Å². The number of amides is 1. The summed E-state index contributed by atoms with van der Waals surface area (Å²) in [7, 11) is 0. The molecule has 3 rings (SSSR count). The Hall–Kier alpha value is -3.55. The third-order valence-corrected chi connectivity index (χ3v) is 5.17. The van der Waals surface area contributed by atoms with Gasteiger partial charge in [0.25, 0.3) is 0 Å². The molecule has 2 aromatic rings. The number of ether oxygens (including phenoxy) is 1. The molecule has 2 aromatic carbocycles. The number of carboxylic acid groups (broad SMARTS) is 1. The number of hydrogen-bond donors (Lipinski definition) is 2. The van der Waals surface area contributed by atoms with Crippen molar-refractivity contribution in [1.29, 1.82) is 0 Å². The molecule has 3 N–H and O–H groups in total. The molecule has 0 heterocycles. The summed E-state index contributed by atoms with van der Waals surface area (Å²) in [4.78, 5) is 26.9. The molecular formula is C21H23N5O4. The van der Waals surface area contributed by atoms with Crippen LogP contribution in [0.1, 0.15) is 36.3 Å². The molecule has 1 aliphatic rings. The number of rotatable bonds is 9. The average molecular weight is 409 g/mol. The van der Waals surface area contributed by atoms with Crippen LogP contribution in [-0.4, -0.2) is 41.4 Å². The third kappa shape index (κ3) is 4.37. The first kappa shape index (κ1) is 21.2. The maximum Gasteiger partial charge on any atom is 0.511 e. The van der Waals surface area contributed by atoms with E-state index in [0.717, 1.165) is 22.3 Å². The van der Waals surface area contributed by atoms with E-state index in [1.807, 2.05) is 48.5 Å². The van der Waals surface area contributed by atoms with Gasteiger partial charge in [0.15, 0.2) is 0 Å². The zero-order valence-corrected chi connectivity index (χ0v) is 16.3. The van der Waals surface area contributed by atoms with Crippen LogP contribution >= 0.6 is 0 Å². The van der Waals surface area contributed by atoms with Crippen LogP contribution in [0.3, 0.4) is 0 Å². The minimum Gasteiger partial charge on any atom is -0.478 e. The average Bonchev–Trinajstić information content (AvgIpc) is 3.07. The number of fused-ring (bicyclic) bond motifs is 3. The fourth-order valence-corrected chi connectivity index (χ4v) is 3.76. The van der Waals surface area contributed by atoms with Crippen molar-refractivity contribution >= 4 is 12.1 Å². The lowest BCUT2D eigenvalue weighted by Gasteiger charge is -2.20. The number of nitrogens with two attached hydrogens (primary N) is 1. The van der Waals surface area contributed by atoms with Crippen molar-refractivity contribution in [3.05, 3.63) is 70.1 Å². The van der Waals surface area contributed by atoms with Gasteiger partial charge in [-0.15, -0.1) is 10.5 Å². The van der Waals surface area contributed by atoms with Gasteiger partial charge in [0.1, 0.15) is 6.61 Å². The lowest BCUT2D eigenvalue weighted by Crippen LogP contribution is -2.42. The zero-order chi connectivity index (χ0) is 21.5. The molecule has 156 valence electrons. The van der Waals surface area contributed by atoms with Crippen molar-refractivity contribution in [2.24, 2.45) is 11.0 Å². The molecule has 0 saturated carbocycles. The number of unbranched alkanes of at least 4 members (excludes halogenated alkanes) is 1. The van der Waals surface area contributed by atoms with Crippen molar-refractivity contribution in [1.82, 2.24) is 5.01 Å². The molecule has 0 unspecified atom stereocenters. The van der Waals surface area contributed by atoms with E-state index in [9.17, 15) is 14.7 Å². The predicted molar refractivity (Wildman–Crippen MR) is 110 cm³/mol. The molecule has 0 radical (unpaired) electrons. The van der Waals surface area contributed by atoms with Crippen molar-refractivity contribution in [3.63, 3.8) is 0 Å². The third-order valence-electron chi connectivity index (χ3n) is 5.17. The highest BCUT2D eigenvalue weighted by molar-refractivity contribution is 5.81. The second kappa shape index (κ2) is 9.78. The first-order valence-corrected chi connectivity index (χ1v) is 9.70. The number of azide groups is 1. The minimum absolute atomic E-state index is 0.000548. The quantitative estimate of drug-likeness (QED) is 0.211. The van der Waals surface area contributed by atoms with E-state index < -0.39 is 18.1 Å².